The molecule has 0 aliphatic carbocycles. The minimum atomic E-state index is -3.39. The van der Waals surface area contributed by atoms with Crippen LogP contribution in [0.25, 0.3) is 0 Å². The van der Waals surface area contributed by atoms with Crippen molar-refractivity contribution in [2.24, 2.45) is 11.8 Å². The maximum absolute atomic E-state index is 13.2. The number of sulfonamides is 1. The summed E-state index contributed by atoms with van der Waals surface area (Å²) in [5.41, 5.74) is 2.17. The second-order valence-electron chi connectivity index (χ2n) is 9.57. The number of carbonyl (C=O) groups is 1. The quantitative estimate of drug-likeness (QED) is 0.505. The van der Waals surface area contributed by atoms with Crippen LogP contribution in [0.1, 0.15) is 56.7 Å². The molecule has 0 spiro atoms. The summed E-state index contributed by atoms with van der Waals surface area (Å²) in [5.74, 6) is 0.896. The Balaban J connectivity index is 1.59. The summed E-state index contributed by atoms with van der Waals surface area (Å²) < 4.78 is 32.7. The number of piperidine rings is 1. The van der Waals surface area contributed by atoms with Crippen molar-refractivity contribution in [3.05, 3.63) is 65.7 Å². The van der Waals surface area contributed by atoms with Crippen LogP contribution in [0, 0.1) is 11.8 Å². The average molecular weight is 487 g/mol. The Morgan fingerprint density at radius 2 is 1.82 bits per heavy atom. The van der Waals surface area contributed by atoms with Gasteiger partial charge in [-0.3, -0.25) is 4.79 Å². The maximum Gasteiger partial charge on any atom is 0.224 e. The van der Waals surface area contributed by atoms with E-state index in [0.29, 0.717) is 31.7 Å². The summed E-state index contributed by atoms with van der Waals surface area (Å²) in [5, 5.41) is 3.21. The van der Waals surface area contributed by atoms with Crippen molar-refractivity contribution in [1.82, 2.24) is 9.62 Å². The molecule has 186 valence electrons. The molecule has 1 aliphatic heterocycles. The van der Waals surface area contributed by atoms with Crippen molar-refractivity contribution in [2.45, 2.75) is 52.0 Å². The second-order valence-corrected chi connectivity index (χ2v) is 11.7. The largest absolute Gasteiger partial charge is 0.497 e. The van der Waals surface area contributed by atoms with Crippen molar-refractivity contribution in [3.8, 4) is 5.75 Å². The fourth-order valence-corrected chi connectivity index (χ4v) is 6.10. The zero-order chi connectivity index (χ0) is 24.6. The van der Waals surface area contributed by atoms with Crippen molar-refractivity contribution < 1.29 is 17.9 Å². The van der Waals surface area contributed by atoms with E-state index in [1.54, 1.807) is 7.11 Å². The second kappa shape index (κ2) is 12.4. The molecule has 0 bridgehead atoms. The number of rotatable bonds is 11. The highest BCUT2D eigenvalue weighted by atomic mass is 32.2. The van der Waals surface area contributed by atoms with Crippen molar-refractivity contribution >= 4 is 15.9 Å². The highest BCUT2D eigenvalue weighted by Crippen LogP contribution is 2.26. The summed E-state index contributed by atoms with van der Waals surface area (Å²) in [4.78, 5) is 13.2. The number of nitrogens with zero attached hydrogens (tertiary/aromatic N) is 1. The number of hydrogen-bond donors (Lipinski definition) is 1. The smallest absolute Gasteiger partial charge is 0.224 e. The van der Waals surface area contributed by atoms with Crippen LogP contribution < -0.4 is 10.1 Å². The Kier molecular flexibility index (Phi) is 9.54. The SMILES string of the molecule is COc1ccc([C@H](CC(C)C)NC(=O)[C@H]2CCCN(S(=O)(=O)CCCc3ccccc3)C2)cc1. The summed E-state index contributed by atoms with van der Waals surface area (Å²) in [6.45, 7) is 5.02. The molecule has 34 heavy (non-hydrogen) atoms. The monoisotopic (exact) mass is 486 g/mol. The van der Waals surface area contributed by atoms with Crippen LogP contribution in [0.2, 0.25) is 0 Å². The summed E-state index contributed by atoms with van der Waals surface area (Å²) in [6.07, 6.45) is 3.53. The van der Waals surface area contributed by atoms with Crippen LogP contribution in [-0.2, 0) is 21.2 Å². The fraction of sp³-hybridized carbons (Fsp3) is 0.519. The standard InChI is InChI=1S/C27H38N2O4S/c1-21(2)19-26(23-13-15-25(33-3)16-14-23)28-27(30)24-12-7-17-29(20-24)34(31,32)18-8-11-22-9-5-4-6-10-22/h4-6,9-10,13-16,21,24,26H,7-8,11-12,17-20H2,1-3H3,(H,28,30)/t24-,26-/m0/s1. The molecular formula is C27H38N2O4S. The lowest BCUT2D eigenvalue weighted by Crippen LogP contribution is -2.46. The molecule has 0 aromatic heterocycles. The minimum absolute atomic E-state index is 0.0642. The molecule has 2 atom stereocenters. The third-order valence-electron chi connectivity index (χ3n) is 6.40. The molecule has 6 nitrogen and oxygen atoms in total. The van der Waals surface area contributed by atoms with Gasteiger partial charge in [0.2, 0.25) is 15.9 Å². The van der Waals surface area contributed by atoms with Gasteiger partial charge in [0, 0.05) is 13.1 Å². The Morgan fingerprint density at radius 1 is 1.12 bits per heavy atom. The first-order chi connectivity index (χ1) is 16.3. The zero-order valence-electron chi connectivity index (χ0n) is 20.6. The Morgan fingerprint density at radius 3 is 2.47 bits per heavy atom. The number of amides is 1. The van der Waals surface area contributed by atoms with Gasteiger partial charge in [0.1, 0.15) is 5.75 Å². The van der Waals surface area contributed by atoms with Crippen molar-refractivity contribution in [3.63, 3.8) is 0 Å². The van der Waals surface area contributed by atoms with Gasteiger partial charge in [-0.25, -0.2) is 12.7 Å². The van der Waals surface area contributed by atoms with E-state index in [-0.39, 0.29) is 30.2 Å². The minimum Gasteiger partial charge on any atom is -0.497 e. The molecule has 1 fully saturated rings. The predicted octanol–water partition coefficient (Wildman–Crippen LogP) is 4.57. The number of ether oxygens (including phenoxy) is 1. The number of nitrogens with one attached hydrogen (secondary N) is 1. The Hall–Kier alpha value is -2.38. The van der Waals surface area contributed by atoms with Gasteiger partial charge in [0.15, 0.2) is 0 Å². The van der Waals surface area contributed by atoms with Gasteiger partial charge in [-0.05, 0) is 61.3 Å². The molecule has 0 unspecified atom stereocenters. The van der Waals surface area contributed by atoms with Crippen LogP contribution in [0.15, 0.2) is 54.6 Å². The molecule has 2 aromatic rings. The summed E-state index contributed by atoms with van der Waals surface area (Å²) in [7, 11) is -1.76. The van der Waals surface area contributed by atoms with E-state index in [9.17, 15) is 13.2 Å². The molecule has 7 heteroatoms. The van der Waals surface area contributed by atoms with Gasteiger partial charge in [0.25, 0.3) is 0 Å². The third kappa shape index (κ3) is 7.57. The van der Waals surface area contributed by atoms with Gasteiger partial charge in [-0.2, -0.15) is 0 Å². The molecule has 2 aromatic carbocycles. The summed E-state index contributed by atoms with van der Waals surface area (Å²) in [6, 6.07) is 17.6. The fourth-order valence-electron chi connectivity index (χ4n) is 4.52. The van der Waals surface area contributed by atoms with E-state index in [4.69, 9.17) is 4.74 Å². The van der Waals surface area contributed by atoms with Crippen LogP contribution in [0.4, 0.5) is 0 Å². The van der Waals surface area contributed by atoms with Crippen LogP contribution in [0.3, 0.4) is 0 Å². The van der Waals surface area contributed by atoms with Crippen LogP contribution in [-0.4, -0.2) is 44.6 Å². The van der Waals surface area contributed by atoms with Gasteiger partial charge >= 0.3 is 0 Å². The molecule has 0 saturated carbocycles. The lowest BCUT2D eigenvalue weighted by molar-refractivity contribution is -0.127. The third-order valence-corrected chi connectivity index (χ3v) is 8.32. The zero-order valence-corrected chi connectivity index (χ0v) is 21.4. The van der Waals surface area contributed by atoms with Gasteiger partial charge in [-0.15, -0.1) is 0 Å². The van der Waals surface area contributed by atoms with Gasteiger partial charge in [-0.1, -0.05) is 56.3 Å². The molecule has 1 aliphatic rings. The van der Waals surface area contributed by atoms with Crippen molar-refractivity contribution in [2.75, 3.05) is 26.0 Å². The van der Waals surface area contributed by atoms with Gasteiger partial charge < -0.3 is 10.1 Å². The Bertz CT molecular complexity index is 1010. The number of methoxy groups -OCH3 is 1. The highest BCUT2D eigenvalue weighted by Gasteiger charge is 2.33. The first-order valence-electron chi connectivity index (χ1n) is 12.2. The number of benzene rings is 2. The number of hydrogen-bond acceptors (Lipinski definition) is 4. The Labute approximate surface area is 204 Å². The van der Waals surface area contributed by atoms with Crippen LogP contribution >= 0.6 is 0 Å². The number of carbonyl (C=O) groups excluding carboxylic acids is 1. The number of aryl methyl sites for hydroxylation is 1. The topological polar surface area (TPSA) is 75.7 Å². The van der Waals surface area contributed by atoms with E-state index in [1.165, 1.54) is 4.31 Å². The maximum atomic E-state index is 13.2. The molecule has 1 N–H and O–H groups in total. The van der Waals surface area contributed by atoms with Crippen molar-refractivity contribution in [1.29, 1.82) is 0 Å². The summed E-state index contributed by atoms with van der Waals surface area (Å²) >= 11 is 0. The van der Waals surface area contributed by atoms with Crippen LogP contribution in [0.5, 0.6) is 5.75 Å². The van der Waals surface area contributed by atoms with E-state index < -0.39 is 10.0 Å². The van der Waals surface area contributed by atoms with Gasteiger partial charge in [0.05, 0.1) is 24.8 Å². The first kappa shape index (κ1) is 26.2. The van der Waals surface area contributed by atoms with E-state index in [2.05, 4.69) is 19.2 Å². The molecule has 1 heterocycles. The van der Waals surface area contributed by atoms with E-state index in [0.717, 1.165) is 29.7 Å². The van der Waals surface area contributed by atoms with E-state index in [1.807, 2.05) is 54.6 Å². The predicted molar refractivity (Wildman–Crippen MR) is 136 cm³/mol. The molecule has 1 amide bonds. The molecule has 1 saturated heterocycles. The van der Waals surface area contributed by atoms with E-state index >= 15 is 0 Å². The molecule has 3 rings (SSSR count). The normalized spacial score (nSPS) is 17.9. The highest BCUT2D eigenvalue weighted by molar-refractivity contribution is 7.89. The molecular weight excluding hydrogens is 448 g/mol. The lowest BCUT2D eigenvalue weighted by Gasteiger charge is -2.32. The molecule has 0 radical (unpaired) electrons. The average Bonchev–Trinajstić information content (AvgIpc) is 2.84. The lowest BCUT2D eigenvalue weighted by atomic mass is 9.94. The first-order valence-corrected chi connectivity index (χ1v) is 13.9.